The van der Waals surface area contributed by atoms with E-state index in [2.05, 4.69) is 19.1 Å². The van der Waals surface area contributed by atoms with E-state index in [9.17, 15) is 0 Å². The van der Waals surface area contributed by atoms with Gasteiger partial charge in [-0.2, -0.15) is 0 Å². The Kier molecular flexibility index (Phi) is 3.69. The van der Waals surface area contributed by atoms with Crippen molar-refractivity contribution in [3.63, 3.8) is 0 Å². The van der Waals surface area contributed by atoms with Gasteiger partial charge in [-0.1, -0.05) is 49.9 Å². The maximum absolute atomic E-state index is 5.90. The highest BCUT2D eigenvalue weighted by Gasteiger charge is 2.20. The average molecular weight is 223 g/mol. The van der Waals surface area contributed by atoms with Crippen LogP contribution in [0.15, 0.2) is 24.3 Å². The minimum absolute atomic E-state index is 0.697. The van der Waals surface area contributed by atoms with Crippen LogP contribution in [0.3, 0.4) is 0 Å². The summed E-state index contributed by atoms with van der Waals surface area (Å²) < 4.78 is 0. The molecule has 1 aromatic rings. The van der Waals surface area contributed by atoms with Gasteiger partial charge in [0.15, 0.2) is 0 Å². The van der Waals surface area contributed by atoms with Gasteiger partial charge in [-0.25, -0.2) is 0 Å². The normalized spacial score (nSPS) is 20.1. The Morgan fingerprint density at radius 3 is 2.27 bits per heavy atom. The van der Waals surface area contributed by atoms with E-state index in [-0.39, 0.29) is 0 Å². The van der Waals surface area contributed by atoms with Crippen molar-refractivity contribution in [1.29, 1.82) is 0 Å². The third-order valence-corrected chi connectivity index (χ3v) is 4.00. The van der Waals surface area contributed by atoms with Gasteiger partial charge in [0, 0.05) is 5.02 Å². The fourth-order valence-corrected chi connectivity index (χ4v) is 2.80. The molecule has 1 aromatic carbocycles. The molecule has 1 unspecified atom stereocenters. The molecule has 0 heterocycles. The summed E-state index contributed by atoms with van der Waals surface area (Å²) in [4.78, 5) is 0. The van der Waals surface area contributed by atoms with Gasteiger partial charge >= 0.3 is 0 Å². The van der Waals surface area contributed by atoms with E-state index >= 15 is 0 Å². The molecule has 1 saturated carbocycles. The number of benzene rings is 1. The smallest absolute Gasteiger partial charge is 0.0406 e. The van der Waals surface area contributed by atoms with Crippen molar-refractivity contribution >= 4 is 11.6 Å². The fraction of sp³-hybridized carbons (Fsp3) is 0.571. The van der Waals surface area contributed by atoms with Gasteiger partial charge in [0.05, 0.1) is 0 Å². The Morgan fingerprint density at radius 2 is 1.67 bits per heavy atom. The molecule has 2 rings (SSSR count). The van der Waals surface area contributed by atoms with Crippen LogP contribution < -0.4 is 0 Å². The first-order valence-electron chi connectivity index (χ1n) is 6.03. The topological polar surface area (TPSA) is 0 Å². The van der Waals surface area contributed by atoms with Gasteiger partial charge in [0.2, 0.25) is 0 Å². The molecule has 0 aliphatic heterocycles. The van der Waals surface area contributed by atoms with Gasteiger partial charge in [0.1, 0.15) is 0 Å². The lowest BCUT2D eigenvalue weighted by Crippen LogP contribution is -2.13. The summed E-state index contributed by atoms with van der Waals surface area (Å²) in [6, 6.07) is 8.38. The lowest BCUT2D eigenvalue weighted by atomic mass is 9.78. The first kappa shape index (κ1) is 11.0. The molecule has 1 fully saturated rings. The molecule has 0 saturated heterocycles. The summed E-state index contributed by atoms with van der Waals surface area (Å²) in [6.07, 6.45) is 7.09. The van der Waals surface area contributed by atoms with Gasteiger partial charge < -0.3 is 0 Å². The molecule has 82 valence electrons. The van der Waals surface area contributed by atoms with E-state index < -0.39 is 0 Å². The molecule has 0 spiro atoms. The van der Waals surface area contributed by atoms with E-state index in [0.717, 1.165) is 10.9 Å². The van der Waals surface area contributed by atoms with Crippen LogP contribution in [0.4, 0.5) is 0 Å². The van der Waals surface area contributed by atoms with Crippen LogP contribution in [0.2, 0.25) is 5.02 Å². The van der Waals surface area contributed by atoms with Gasteiger partial charge in [-0.15, -0.1) is 0 Å². The van der Waals surface area contributed by atoms with Crippen LogP contribution in [-0.4, -0.2) is 0 Å². The molecular weight excluding hydrogens is 204 g/mol. The molecular formula is C14H19Cl. The highest BCUT2D eigenvalue weighted by atomic mass is 35.5. The van der Waals surface area contributed by atoms with Crippen molar-refractivity contribution in [3.8, 4) is 0 Å². The van der Waals surface area contributed by atoms with Gasteiger partial charge in [-0.3, -0.25) is 0 Å². The number of rotatable bonds is 2. The molecule has 1 heteroatoms. The summed E-state index contributed by atoms with van der Waals surface area (Å²) in [5, 5.41) is 0.842. The summed E-state index contributed by atoms with van der Waals surface area (Å²) in [7, 11) is 0. The maximum Gasteiger partial charge on any atom is 0.0406 e. The minimum atomic E-state index is 0.697. The Labute approximate surface area is 97.6 Å². The molecule has 1 aliphatic carbocycles. The first-order chi connectivity index (χ1) is 7.27. The van der Waals surface area contributed by atoms with Crippen LogP contribution in [-0.2, 0) is 0 Å². The average Bonchev–Trinajstić information content (AvgIpc) is 2.30. The molecule has 0 amide bonds. The van der Waals surface area contributed by atoms with Crippen LogP contribution in [0.1, 0.15) is 50.5 Å². The lowest BCUT2D eigenvalue weighted by Gasteiger charge is -2.27. The SMILES string of the molecule is CC(c1ccc(Cl)cc1)C1CCCCC1. The minimum Gasteiger partial charge on any atom is -0.0843 e. The highest BCUT2D eigenvalue weighted by molar-refractivity contribution is 6.30. The Morgan fingerprint density at radius 1 is 1.07 bits per heavy atom. The summed E-state index contributed by atoms with van der Waals surface area (Å²) >= 11 is 5.90. The van der Waals surface area contributed by atoms with E-state index in [0.29, 0.717) is 5.92 Å². The number of hydrogen-bond acceptors (Lipinski definition) is 0. The van der Waals surface area contributed by atoms with Crippen molar-refractivity contribution in [2.75, 3.05) is 0 Å². The Hall–Kier alpha value is -0.490. The second-order valence-electron chi connectivity index (χ2n) is 4.74. The molecule has 0 bridgehead atoms. The zero-order valence-electron chi connectivity index (χ0n) is 9.38. The lowest BCUT2D eigenvalue weighted by molar-refractivity contribution is 0.316. The van der Waals surface area contributed by atoms with Crippen molar-refractivity contribution in [1.82, 2.24) is 0 Å². The first-order valence-corrected chi connectivity index (χ1v) is 6.40. The van der Waals surface area contributed by atoms with E-state index in [1.54, 1.807) is 0 Å². The second-order valence-corrected chi connectivity index (χ2v) is 5.17. The highest BCUT2D eigenvalue weighted by Crippen LogP contribution is 2.35. The monoisotopic (exact) mass is 222 g/mol. The third-order valence-electron chi connectivity index (χ3n) is 3.75. The standard InChI is InChI=1S/C14H19Cl/c1-11(12-5-3-2-4-6-12)13-7-9-14(15)10-8-13/h7-12H,2-6H2,1H3. The van der Waals surface area contributed by atoms with Crippen LogP contribution in [0.25, 0.3) is 0 Å². The molecule has 0 aromatic heterocycles. The van der Waals surface area contributed by atoms with Gasteiger partial charge in [-0.05, 0) is 42.4 Å². The molecule has 15 heavy (non-hydrogen) atoms. The molecule has 0 N–H and O–H groups in total. The van der Waals surface area contributed by atoms with Crippen LogP contribution >= 0.6 is 11.6 Å². The Balaban J connectivity index is 2.05. The number of halogens is 1. The van der Waals surface area contributed by atoms with Crippen molar-refractivity contribution < 1.29 is 0 Å². The van der Waals surface area contributed by atoms with E-state index in [4.69, 9.17) is 11.6 Å². The van der Waals surface area contributed by atoms with Crippen LogP contribution in [0, 0.1) is 5.92 Å². The fourth-order valence-electron chi connectivity index (χ4n) is 2.67. The summed E-state index contributed by atoms with van der Waals surface area (Å²) in [5.41, 5.74) is 1.45. The predicted molar refractivity (Wildman–Crippen MR) is 66.4 cm³/mol. The maximum atomic E-state index is 5.90. The number of hydrogen-bond donors (Lipinski definition) is 0. The van der Waals surface area contributed by atoms with Crippen LogP contribution in [0.5, 0.6) is 0 Å². The molecule has 1 aliphatic rings. The zero-order chi connectivity index (χ0) is 10.7. The summed E-state index contributed by atoms with van der Waals surface area (Å²) in [5.74, 6) is 1.59. The zero-order valence-corrected chi connectivity index (χ0v) is 10.1. The molecule has 0 radical (unpaired) electrons. The molecule has 0 nitrogen and oxygen atoms in total. The van der Waals surface area contributed by atoms with E-state index in [1.165, 1.54) is 37.7 Å². The molecule has 1 atom stereocenters. The largest absolute Gasteiger partial charge is 0.0843 e. The second kappa shape index (κ2) is 5.03. The van der Waals surface area contributed by atoms with E-state index in [1.807, 2.05) is 12.1 Å². The predicted octanol–water partition coefficient (Wildman–Crippen LogP) is 5.02. The summed E-state index contributed by atoms with van der Waals surface area (Å²) in [6.45, 7) is 2.36. The third kappa shape index (κ3) is 2.75. The quantitative estimate of drug-likeness (QED) is 0.659. The Bertz CT molecular complexity index is 296. The van der Waals surface area contributed by atoms with Crippen molar-refractivity contribution in [2.24, 2.45) is 5.92 Å². The van der Waals surface area contributed by atoms with Crippen molar-refractivity contribution in [3.05, 3.63) is 34.9 Å². The van der Waals surface area contributed by atoms with Gasteiger partial charge in [0.25, 0.3) is 0 Å². The van der Waals surface area contributed by atoms with Crippen molar-refractivity contribution in [2.45, 2.75) is 44.9 Å².